The molecule has 0 aliphatic carbocycles. The van der Waals surface area contributed by atoms with Crippen molar-refractivity contribution in [3.63, 3.8) is 0 Å². The Kier molecular flexibility index (Phi) is 1.72. The van der Waals surface area contributed by atoms with Crippen LogP contribution in [0.3, 0.4) is 0 Å². The maximum absolute atomic E-state index is 11.8. The van der Waals surface area contributed by atoms with E-state index in [2.05, 4.69) is 4.42 Å². The molecule has 0 N–H and O–H groups in total. The fourth-order valence-electron chi connectivity index (χ4n) is 0.578. The molecule has 0 aliphatic heterocycles. The lowest BCUT2D eigenvalue weighted by Gasteiger charge is -2.01. The van der Waals surface area contributed by atoms with Crippen molar-refractivity contribution in [1.82, 2.24) is 0 Å². The van der Waals surface area contributed by atoms with Gasteiger partial charge in [-0.15, -0.1) is 0 Å². The molecule has 60 valence electrons. The highest BCUT2D eigenvalue weighted by Crippen LogP contribution is 2.25. The number of hydrogen-bond acceptors (Lipinski definition) is 2. The standard InChI is InChI=1S/C6H3F3O2/c7-6(8,9)4-2-1-3-11-5(4)10/h1-3H. The van der Waals surface area contributed by atoms with E-state index in [1.54, 1.807) is 0 Å². The van der Waals surface area contributed by atoms with Crippen LogP contribution in [0.5, 0.6) is 0 Å². The third-order valence-corrected chi connectivity index (χ3v) is 1.04. The van der Waals surface area contributed by atoms with Crippen LogP contribution >= 0.6 is 0 Å². The molecule has 0 unspecified atom stereocenters. The summed E-state index contributed by atoms with van der Waals surface area (Å²) in [6, 6.07) is 1.69. The van der Waals surface area contributed by atoms with Crippen LogP contribution in [-0.2, 0) is 6.18 Å². The minimum Gasteiger partial charge on any atom is -0.431 e. The average Bonchev–Trinajstić information content (AvgIpc) is 1.86. The van der Waals surface area contributed by atoms with E-state index in [1.807, 2.05) is 0 Å². The van der Waals surface area contributed by atoms with Crippen LogP contribution in [0.25, 0.3) is 0 Å². The van der Waals surface area contributed by atoms with Crippen LogP contribution in [0.4, 0.5) is 13.2 Å². The molecule has 0 radical (unpaired) electrons. The molecule has 0 aliphatic rings. The summed E-state index contributed by atoms with van der Waals surface area (Å²) in [5.41, 5.74) is -2.64. The van der Waals surface area contributed by atoms with Gasteiger partial charge in [0, 0.05) is 0 Å². The van der Waals surface area contributed by atoms with E-state index in [1.165, 1.54) is 0 Å². The summed E-state index contributed by atoms with van der Waals surface area (Å²) < 4.78 is 39.4. The van der Waals surface area contributed by atoms with E-state index in [0.29, 0.717) is 6.07 Å². The van der Waals surface area contributed by atoms with Crippen molar-refractivity contribution < 1.29 is 17.6 Å². The van der Waals surface area contributed by atoms with Crippen molar-refractivity contribution in [3.8, 4) is 0 Å². The molecule has 0 saturated heterocycles. The fourth-order valence-corrected chi connectivity index (χ4v) is 0.578. The second-order valence-corrected chi connectivity index (χ2v) is 1.81. The molecule has 11 heavy (non-hydrogen) atoms. The minimum atomic E-state index is -4.62. The number of hydrogen-bond donors (Lipinski definition) is 0. The molecule has 0 aromatic carbocycles. The fraction of sp³-hybridized carbons (Fsp3) is 0.167. The van der Waals surface area contributed by atoms with Crippen LogP contribution in [0, 0.1) is 0 Å². The predicted molar refractivity (Wildman–Crippen MR) is 30.0 cm³/mol. The number of alkyl halides is 3. The molecular weight excluding hydrogens is 161 g/mol. The molecule has 0 fully saturated rings. The normalized spacial score (nSPS) is 11.5. The van der Waals surface area contributed by atoms with Crippen molar-refractivity contribution in [3.05, 3.63) is 34.4 Å². The predicted octanol–water partition coefficient (Wildman–Crippen LogP) is 1.66. The van der Waals surface area contributed by atoms with Gasteiger partial charge in [0.1, 0.15) is 5.56 Å². The van der Waals surface area contributed by atoms with Crippen molar-refractivity contribution in [1.29, 1.82) is 0 Å². The zero-order chi connectivity index (χ0) is 8.48. The van der Waals surface area contributed by atoms with Gasteiger partial charge < -0.3 is 4.42 Å². The van der Waals surface area contributed by atoms with Crippen LogP contribution in [-0.4, -0.2) is 0 Å². The maximum Gasteiger partial charge on any atom is 0.423 e. The van der Waals surface area contributed by atoms with Gasteiger partial charge in [0.25, 0.3) is 0 Å². The molecule has 1 heterocycles. The van der Waals surface area contributed by atoms with Gasteiger partial charge in [0.2, 0.25) is 0 Å². The Morgan fingerprint density at radius 3 is 2.36 bits per heavy atom. The van der Waals surface area contributed by atoms with Crippen LogP contribution in [0.1, 0.15) is 5.56 Å². The molecule has 5 heteroatoms. The molecular formula is C6H3F3O2. The summed E-state index contributed by atoms with van der Waals surface area (Å²) in [6.07, 6.45) is -3.72. The van der Waals surface area contributed by atoms with E-state index in [-0.39, 0.29) is 0 Å². The smallest absolute Gasteiger partial charge is 0.423 e. The average molecular weight is 164 g/mol. The van der Waals surface area contributed by atoms with E-state index in [0.717, 1.165) is 12.3 Å². The van der Waals surface area contributed by atoms with Crippen LogP contribution < -0.4 is 5.63 Å². The Bertz CT molecular complexity index is 299. The lowest BCUT2D eigenvalue weighted by molar-refractivity contribution is -0.139. The van der Waals surface area contributed by atoms with Crippen molar-refractivity contribution in [2.24, 2.45) is 0 Å². The summed E-state index contributed by atoms with van der Waals surface area (Å²) >= 11 is 0. The first-order valence-corrected chi connectivity index (χ1v) is 2.67. The van der Waals surface area contributed by atoms with Gasteiger partial charge in [-0.25, -0.2) is 4.79 Å². The van der Waals surface area contributed by atoms with Crippen molar-refractivity contribution in [2.75, 3.05) is 0 Å². The Morgan fingerprint density at radius 1 is 1.36 bits per heavy atom. The summed E-state index contributed by atoms with van der Waals surface area (Å²) in [5.74, 6) is 0. The molecule has 1 aromatic heterocycles. The van der Waals surface area contributed by atoms with E-state index < -0.39 is 17.4 Å². The Balaban J connectivity index is 3.26. The Labute approximate surface area is 59.3 Å². The second kappa shape index (κ2) is 2.41. The van der Waals surface area contributed by atoms with E-state index in [9.17, 15) is 18.0 Å². The Hall–Kier alpha value is -1.26. The van der Waals surface area contributed by atoms with Crippen molar-refractivity contribution in [2.45, 2.75) is 6.18 Å². The molecule has 1 rings (SSSR count). The zero-order valence-electron chi connectivity index (χ0n) is 5.18. The zero-order valence-corrected chi connectivity index (χ0v) is 5.18. The van der Waals surface area contributed by atoms with E-state index >= 15 is 0 Å². The molecule has 0 atom stereocenters. The van der Waals surface area contributed by atoms with Gasteiger partial charge in [0.15, 0.2) is 0 Å². The topological polar surface area (TPSA) is 30.2 Å². The molecule has 0 bridgehead atoms. The monoisotopic (exact) mass is 164 g/mol. The van der Waals surface area contributed by atoms with Gasteiger partial charge in [-0.1, -0.05) is 0 Å². The number of rotatable bonds is 0. The highest BCUT2D eigenvalue weighted by Gasteiger charge is 2.34. The lowest BCUT2D eigenvalue weighted by Crippen LogP contribution is -2.17. The SMILES string of the molecule is O=c1occcc1C(F)(F)F. The van der Waals surface area contributed by atoms with Crippen LogP contribution in [0.2, 0.25) is 0 Å². The molecule has 2 nitrogen and oxygen atoms in total. The second-order valence-electron chi connectivity index (χ2n) is 1.81. The summed E-state index contributed by atoms with van der Waals surface area (Å²) in [5, 5.41) is 0. The lowest BCUT2D eigenvalue weighted by atomic mass is 10.3. The first-order chi connectivity index (χ1) is 5.02. The first kappa shape index (κ1) is 7.84. The Morgan fingerprint density at radius 2 is 2.00 bits per heavy atom. The quantitative estimate of drug-likeness (QED) is 0.583. The van der Waals surface area contributed by atoms with Crippen molar-refractivity contribution >= 4 is 0 Å². The van der Waals surface area contributed by atoms with Crippen LogP contribution in [0.15, 0.2) is 27.6 Å². The third-order valence-electron chi connectivity index (χ3n) is 1.04. The summed E-state index contributed by atoms with van der Waals surface area (Å²) in [4.78, 5) is 10.4. The summed E-state index contributed by atoms with van der Waals surface area (Å²) in [7, 11) is 0. The van der Waals surface area contributed by atoms with Gasteiger partial charge >= 0.3 is 11.8 Å². The highest BCUT2D eigenvalue weighted by molar-refractivity contribution is 5.10. The number of halogens is 3. The minimum absolute atomic E-state index is 0.672. The first-order valence-electron chi connectivity index (χ1n) is 2.67. The highest BCUT2D eigenvalue weighted by atomic mass is 19.4. The molecule has 0 spiro atoms. The molecule has 1 aromatic rings. The van der Waals surface area contributed by atoms with Gasteiger partial charge in [0.05, 0.1) is 6.26 Å². The van der Waals surface area contributed by atoms with Gasteiger partial charge in [-0.05, 0) is 12.1 Å². The van der Waals surface area contributed by atoms with Gasteiger partial charge in [-0.2, -0.15) is 13.2 Å². The van der Waals surface area contributed by atoms with Gasteiger partial charge in [-0.3, -0.25) is 0 Å². The molecule has 0 amide bonds. The largest absolute Gasteiger partial charge is 0.431 e. The van der Waals surface area contributed by atoms with E-state index in [4.69, 9.17) is 0 Å². The maximum atomic E-state index is 11.8. The summed E-state index contributed by atoms with van der Waals surface area (Å²) in [6.45, 7) is 0. The third kappa shape index (κ3) is 1.60. The molecule has 0 saturated carbocycles.